The van der Waals surface area contributed by atoms with E-state index < -0.39 is 9.76 Å². The van der Waals surface area contributed by atoms with Crippen LogP contribution in [0.1, 0.15) is 40.0 Å². The van der Waals surface area contributed by atoms with Gasteiger partial charge in [0.1, 0.15) is 0 Å². The SMILES string of the molecule is CCO[SiH2]CCCOC(=O)C1CC2CC(O)C1C2SC(C)C. The van der Waals surface area contributed by atoms with E-state index >= 15 is 0 Å². The van der Waals surface area contributed by atoms with Crippen LogP contribution in [0.25, 0.3) is 0 Å². The monoisotopic (exact) mass is 346 g/mol. The summed E-state index contributed by atoms with van der Waals surface area (Å²) in [4.78, 5) is 12.3. The lowest BCUT2D eigenvalue weighted by atomic mass is 9.87. The van der Waals surface area contributed by atoms with Crippen molar-refractivity contribution in [3.8, 4) is 0 Å². The fourth-order valence-corrected chi connectivity index (χ4v) is 6.37. The van der Waals surface area contributed by atoms with Crippen LogP contribution in [0.3, 0.4) is 0 Å². The zero-order valence-corrected chi connectivity index (χ0v) is 16.2. The second kappa shape index (κ2) is 8.71. The third-order valence-electron chi connectivity index (χ3n) is 4.72. The minimum Gasteiger partial charge on any atom is -0.465 e. The molecule has 0 aromatic rings. The zero-order chi connectivity index (χ0) is 16.1. The molecular weight excluding hydrogens is 316 g/mol. The molecule has 5 unspecified atom stereocenters. The van der Waals surface area contributed by atoms with Crippen LogP contribution in [0, 0.1) is 17.8 Å². The van der Waals surface area contributed by atoms with Gasteiger partial charge in [-0.3, -0.25) is 4.79 Å². The molecule has 4 nitrogen and oxygen atoms in total. The number of hydrogen-bond donors (Lipinski definition) is 1. The summed E-state index contributed by atoms with van der Waals surface area (Å²) in [6, 6.07) is 1.06. The number of esters is 1. The molecule has 2 aliphatic carbocycles. The maximum absolute atomic E-state index is 12.3. The lowest BCUT2D eigenvalue weighted by molar-refractivity contribution is -0.152. The number of rotatable bonds is 9. The lowest BCUT2D eigenvalue weighted by Gasteiger charge is -2.25. The Balaban J connectivity index is 1.76. The van der Waals surface area contributed by atoms with Crippen molar-refractivity contribution in [3.63, 3.8) is 0 Å². The molecule has 2 aliphatic rings. The van der Waals surface area contributed by atoms with Crippen LogP contribution in [0.15, 0.2) is 0 Å². The Bertz CT molecular complexity index is 366. The molecule has 128 valence electrons. The van der Waals surface area contributed by atoms with Gasteiger partial charge in [0.2, 0.25) is 0 Å². The predicted octanol–water partition coefficient (Wildman–Crippen LogP) is 1.99. The Morgan fingerprint density at radius 1 is 1.41 bits per heavy atom. The average molecular weight is 347 g/mol. The first-order chi connectivity index (χ1) is 10.5. The molecule has 0 aliphatic heterocycles. The highest BCUT2D eigenvalue weighted by Crippen LogP contribution is 2.54. The number of carbonyl (C=O) groups is 1. The summed E-state index contributed by atoms with van der Waals surface area (Å²) in [5.74, 6) is 0.408. The highest BCUT2D eigenvalue weighted by Gasteiger charge is 2.56. The van der Waals surface area contributed by atoms with E-state index in [1.165, 1.54) is 0 Å². The van der Waals surface area contributed by atoms with E-state index in [0.717, 1.165) is 31.9 Å². The van der Waals surface area contributed by atoms with E-state index in [-0.39, 0.29) is 23.9 Å². The van der Waals surface area contributed by atoms with Crippen LogP contribution >= 0.6 is 11.8 Å². The average Bonchev–Trinajstić information content (AvgIpc) is 2.94. The second-order valence-electron chi connectivity index (χ2n) is 6.70. The normalized spacial score (nSPS) is 34.1. The van der Waals surface area contributed by atoms with Gasteiger partial charge < -0.3 is 14.3 Å². The van der Waals surface area contributed by atoms with Crippen molar-refractivity contribution >= 4 is 27.5 Å². The quantitative estimate of drug-likeness (QED) is 0.393. The predicted molar refractivity (Wildman–Crippen MR) is 92.8 cm³/mol. The first-order valence-corrected chi connectivity index (χ1v) is 11.1. The standard InChI is InChI=1S/C16H30O4SSi/c1-4-20-22-7-5-6-19-16(18)12-8-11-9-13(17)14(12)15(11)21-10(2)3/h10-15,17H,4-9,22H2,1-3H3. The van der Waals surface area contributed by atoms with Gasteiger partial charge in [0.05, 0.1) is 18.6 Å². The highest BCUT2D eigenvalue weighted by atomic mass is 32.2. The van der Waals surface area contributed by atoms with Gasteiger partial charge in [-0.25, -0.2) is 0 Å². The molecule has 0 radical (unpaired) electrons. The van der Waals surface area contributed by atoms with Crippen LogP contribution in [0.2, 0.25) is 6.04 Å². The van der Waals surface area contributed by atoms with E-state index in [2.05, 4.69) is 13.8 Å². The summed E-state index contributed by atoms with van der Waals surface area (Å²) in [5.41, 5.74) is 0. The molecule has 0 aromatic carbocycles. The summed E-state index contributed by atoms with van der Waals surface area (Å²) in [6.07, 6.45) is 2.35. The van der Waals surface area contributed by atoms with Crippen LogP contribution in [-0.2, 0) is 14.0 Å². The molecule has 0 amide bonds. The minimum absolute atomic E-state index is 0.0846. The van der Waals surface area contributed by atoms with Gasteiger partial charge in [-0.2, -0.15) is 11.8 Å². The van der Waals surface area contributed by atoms with Crippen LogP contribution in [0.4, 0.5) is 0 Å². The van der Waals surface area contributed by atoms with Gasteiger partial charge in [0.25, 0.3) is 0 Å². The Morgan fingerprint density at radius 3 is 2.86 bits per heavy atom. The third kappa shape index (κ3) is 4.49. The Hall–Kier alpha value is -0.0431. The van der Waals surface area contributed by atoms with Crippen LogP contribution < -0.4 is 0 Å². The molecule has 0 aromatic heterocycles. The number of hydrogen-bond acceptors (Lipinski definition) is 5. The first kappa shape index (κ1) is 18.3. The lowest BCUT2D eigenvalue weighted by Crippen LogP contribution is -2.33. The van der Waals surface area contributed by atoms with Gasteiger partial charge in [0, 0.05) is 17.8 Å². The summed E-state index contributed by atoms with van der Waals surface area (Å²) in [6.45, 7) is 7.68. The van der Waals surface area contributed by atoms with Gasteiger partial charge in [0.15, 0.2) is 9.76 Å². The summed E-state index contributed by atoms with van der Waals surface area (Å²) < 4.78 is 10.9. The molecule has 22 heavy (non-hydrogen) atoms. The van der Waals surface area contributed by atoms with E-state index in [0.29, 0.717) is 23.0 Å². The van der Waals surface area contributed by atoms with Gasteiger partial charge >= 0.3 is 5.97 Å². The van der Waals surface area contributed by atoms with Crippen molar-refractivity contribution in [2.75, 3.05) is 13.2 Å². The molecule has 2 bridgehead atoms. The molecule has 1 N–H and O–H groups in total. The second-order valence-corrected chi connectivity index (χ2v) is 9.99. The van der Waals surface area contributed by atoms with Gasteiger partial charge in [-0.15, -0.1) is 0 Å². The van der Waals surface area contributed by atoms with Crippen molar-refractivity contribution in [1.82, 2.24) is 0 Å². The van der Waals surface area contributed by atoms with Gasteiger partial charge in [-0.1, -0.05) is 13.8 Å². The molecule has 2 saturated carbocycles. The fourth-order valence-electron chi connectivity index (χ4n) is 3.85. The van der Waals surface area contributed by atoms with Crippen molar-refractivity contribution in [2.24, 2.45) is 17.8 Å². The van der Waals surface area contributed by atoms with Crippen molar-refractivity contribution < 1.29 is 19.1 Å². The van der Waals surface area contributed by atoms with E-state index in [9.17, 15) is 9.90 Å². The number of thioether (sulfide) groups is 1. The Kier molecular flexibility index (Phi) is 7.24. The van der Waals surface area contributed by atoms with Gasteiger partial charge in [-0.05, 0) is 43.4 Å². The Morgan fingerprint density at radius 2 is 2.18 bits per heavy atom. The number of fused-ring (bicyclic) bond motifs is 2. The van der Waals surface area contributed by atoms with E-state index in [4.69, 9.17) is 9.16 Å². The number of aliphatic hydroxyl groups is 1. The largest absolute Gasteiger partial charge is 0.465 e. The first-order valence-electron chi connectivity index (χ1n) is 8.62. The minimum atomic E-state index is -0.423. The summed E-state index contributed by atoms with van der Waals surface area (Å²) in [5, 5.41) is 11.2. The Labute approximate surface area is 140 Å². The molecule has 6 heteroatoms. The maximum Gasteiger partial charge on any atom is 0.309 e. The zero-order valence-electron chi connectivity index (χ0n) is 14.0. The number of carbonyl (C=O) groups excluding carboxylic acids is 1. The van der Waals surface area contributed by atoms with Crippen molar-refractivity contribution in [2.45, 2.75) is 62.7 Å². The molecule has 0 heterocycles. The summed E-state index contributed by atoms with van der Waals surface area (Å²) in [7, 11) is -0.423. The molecule has 2 fully saturated rings. The molecule has 5 atom stereocenters. The van der Waals surface area contributed by atoms with Crippen molar-refractivity contribution in [3.05, 3.63) is 0 Å². The number of ether oxygens (including phenoxy) is 1. The highest BCUT2D eigenvalue weighted by molar-refractivity contribution is 8.00. The van der Waals surface area contributed by atoms with E-state index in [1.807, 2.05) is 18.7 Å². The molecule has 2 rings (SSSR count). The van der Waals surface area contributed by atoms with Crippen LogP contribution in [-0.4, -0.2) is 50.7 Å². The topological polar surface area (TPSA) is 55.8 Å². The number of aliphatic hydroxyl groups excluding tert-OH is 1. The molecule has 0 spiro atoms. The smallest absolute Gasteiger partial charge is 0.309 e. The van der Waals surface area contributed by atoms with Crippen molar-refractivity contribution in [1.29, 1.82) is 0 Å². The summed E-state index contributed by atoms with van der Waals surface area (Å²) >= 11 is 1.92. The molecular formula is C16H30O4SSi. The maximum atomic E-state index is 12.3. The third-order valence-corrected chi connectivity index (χ3v) is 7.76. The molecule has 0 saturated heterocycles. The van der Waals surface area contributed by atoms with E-state index in [1.54, 1.807) is 0 Å². The van der Waals surface area contributed by atoms with Crippen LogP contribution in [0.5, 0.6) is 0 Å². The fraction of sp³-hybridized carbons (Fsp3) is 0.938.